The van der Waals surface area contributed by atoms with Crippen molar-refractivity contribution in [1.82, 2.24) is 15.2 Å². The standard InChI is InChI=1S/C22H26FN3O2/c1-22(28)10-12-26(14-17-9-11-24-13-18(17)23)19(15-5-3-2-4-6-15)20(22)25-21(27)16-7-8-16/h2-6,9,11,13,16,19-20,28H,7-8,10,12,14H2,1H3,(H,25,27)/t19-,20-,22+/m0/s1. The van der Waals surface area contributed by atoms with Crippen LogP contribution in [-0.4, -0.2) is 39.1 Å². The summed E-state index contributed by atoms with van der Waals surface area (Å²) in [6.45, 7) is 2.77. The number of benzene rings is 1. The number of aliphatic hydroxyl groups is 1. The third-order valence-corrected chi connectivity index (χ3v) is 5.90. The van der Waals surface area contributed by atoms with Gasteiger partial charge in [-0.3, -0.25) is 14.7 Å². The molecule has 3 atom stereocenters. The summed E-state index contributed by atoms with van der Waals surface area (Å²) in [7, 11) is 0. The zero-order valence-corrected chi connectivity index (χ0v) is 16.0. The molecule has 28 heavy (non-hydrogen) atoms. The second-order valence-electron chi connectivity index (χ2n) is 8.16. The first-order valence-electron chi connectivity index (χ1n) is 9.86. The van der Waals surface area contributed by atoms with Crippen LogP contribution in [0.15, 0.2) is 48.8 Å². The summed E-state index contributed by atoms with van der Waals surface area (Å²) in [4.78, 5) is 18.5. The van der Waals surface area contributed by atoms with Crippen molar-refractivity contribution in [3.8, 4) is 0 Å². The molecule has 6 heteroatoms. The highest BCUT2D eigenvalue weighted by Crippen LogP contribution is 2.39. The quantitative estimate of drug-likeness (QED) is 0.833. The molecule has 0 spiro atoms. The second-order valence-corrected chi connectivity index (χ2v) is 8.16. The summed E-state index contributed by atoms with van der Waals surface area (Å²) in [6, 6.07) is 10.8. The number of hydrogen-bond donors (Lipinski definition) is 2. The van der Waals surface area contributed by atoms with Crippen LogP contribution in [-0.2, 0) is 11.3 Å². The maximum absolute atomic E-state index is 14.2. The molecular formula is C22H26FN3O2. The Morgan fingerprint density at radius 3 is 2.75 bits per heavy atom. The van der Waals surface area contributed by atoms with Gasteiger partial charge < -0.3 is 10.4 Å². The van der Waals surface area contributed by atoms with E-state index in [4.69, 9.17) is 0 Å². The molecule has 0 bridgehead atoms. The van der Waals surface area contributed by atoms with Crippen molar-refractivity contribution in [2.75, 3.05) is 6.54 Å². The van der Waals surface area contributed by atoms with Crippen LogP contribution < -0.4 is 5.32 Å². The predicted molar refractivity (Wildman–Crippen MR) is 104 cm³/mol. The Hall–Kier alpha value is -2.31. The van der Waals surface area contributed by atoms with Gasteiger partial charge in [0.2, 0.25) is 5.91 Å². The summed E-state index contributed by atoms with van der Waals surface area (Å²) >= 11 is 0. The third-order valence-electron chi connectivity index (χ3n) is 5.90. The summed E-state index contributed by atoms with van der Waals surface area (Å²) < 4.78 is 14.2. The van der Waals surface area contributed by atoms with E-state index in [0.717, 1.165) is 18.4 Å². The Morgan fingerprint density at radius 2 is 2.07 bits per heavy atom. The maximum Gasteiger partial charge on any atom is 0.223 e. The molecule has 148 valence electrons. The van der Waals surface area contributed by atoms with Crippen molar-refractivity contribution >= 4 is 5.91 Å². The lowest BCUT2D eigenvalue weighted by Crippen LogP contribution is -2.62. The first-order chi connectivity index (χ1) is 13.5. The van der Waals surface area contributed by atoms with E-state index in [0.29, 0.717) is 25.1 Å². The summed E-state index contributed by atoms with van der Waals surface area (Å²) in [5.41, 5.74) is 0.515. The van der Waals surface area contributed by atoms with Gasteiger partial charge in [0.05, 0.1) is 23.9 Å². The van der Waals surface area contributed by atoms with Crippen molar-refractivity contribution < 1.29 is 14.3 Å². The van der Waals surface area contributed by atoms with Gasteiger partial charge in [-0.15, -0.1) is 0 Å². The number of carbonyl (C=O) groups excluding carboxylic acids is 1. The molecule has 4 rings (SSSR count). The van der Waals surface area contributed by atoms with Gasteiger partial charge in [-0.05, 0) is 37.8 Å². The van der Waals surface area contributed by atoms with Gasteiger partial charge in [-0.2, -0.15) is 0 Å². The van der Waals surface area contributed by atoms with Gasteiger partial charge >= 0.3 is 0 Å². The predicted octanol–water partition coefficient (Wildman–Crippen LogP) is 2.81. The van der Waals surface area contributed by atoms with Crippen molar-refractivity contribution in [1.29, 1.82) is 0 Å². The van der Waals surface area contributed by atoms with Crippen LogP contribution in [0.25, 0.3) is 0 Å². The van der Waals surface area contributed by atoms with Crippen LogP contribution in [0.2, 0.25) is 0 Å². The summed E-state index contributed by atoms with van der Waals surface area (Å²) in [6.07, 6.45) is 5.12. The molecule has 1 aliphatic carbocycles. The second kappa shape index (κ2) is 7.60. The van der Waals surface area contributed by atoms with Gasteiger partial charge in [0.25, 0.3) is 0 Å². The van der Waals surface area contributed by atoms with Gasteiger partial charge in [-0.1, -0.05) is 30.3 Å². The molecule has 1 aromatic heterocycles. The van der Waals surface area contributed by atoms with E-state index in [-0.39, 0.29) is 23.7 Å². The number of aromatic nitrogens is 1. The van der Waals surface area contributed by atoms with Crippen molar-refractivity contribution in [3.05, 3.63) is 65.7 Å². The van der Waals surface area contributed by atoms with Gasteiger partial charge in [-0.25, -0.2) is 4.39 Å². The largest absolute Gasteiger partial charge is 0.388 e. The van der Waals surface area contributed by atoms with Crippen molar-refractivity contribution in [3.63, 3.8) is 0 Å². The van der Waals surface area contributed by atoms with Gasteiger partial charge in [0.15, 0.2) is 0 Å². The Balaban J connectivity index is 1.68. The molecule has 1 saturated heterocycles. The van der Waals surface area contributed by atoms with E-state index in [9.17, 15) is 14.3 Å². The molecular weight excluding hydrogens is 357 g/mol. The highest BCUT2D eigenvalue weighted by Gasteiger charge is 2.47. The molecule has 2 N–H and O–H groups in total. The van der Waals surface area contributed by atoms with Crippen LogP contribution >= 0.6 is 0 Å². The lowest BCUT2D eigenvalue weighted by atomic mass is 9.79. The number of pyridine rings is 1. The number of halogens is 1. The van der Waals surface area contributed by atoms with Crippen LogP contribution in [0, 0.1) is 11.7 Å². The Bertz CT molecular complexity index is 839. The summed E-state index contributed by atoms with van der Waals surface area (Å²) in [5, 5.41) is 14.2. The fraction of sp³-hybridized carbons (Fsp3) is 0.455. The molecule has 1 aliphatic heterocycles. The number of hydrogen-bond acceptors (Lipinski definition) is 4. The highest BCUT2D eigenvalue weighted by molar-refractivity contribution is 5.81. The minimum atomic E-state index is -1.04. The van der Waals surface area contributed by atoms with E-state index < -0.39 is 11.6 Å². The Morgan fingerprint density at radius 1 is 1.32 bits per heavy atom. The molecule has 0 radical (unpaired) electrons. The zero-order valence-electron chi connectivity index (χ0n) is 16.0. The smallest absolute Gasteiger partial charge is 0.223 e. The SMILES string of the molecule is C[C@@]1(O)CCN(Cc2ccncc2F)[C@@H](c2ccccc2)[C@@H]1NC(=O)C1CC1. The first kappa shape index (κ1) is 19.0. The molecule has 1 amide bonds. The van der Waals surface area contributed by atoms with E-state index >= 15 is 0 Å². The van der Waals surface area contributed by atoms with E-state index in [2.05, 4.69) is 15.2 Å². The molecule has 5 nitrogen and oxygen atoms in total. The molecule has 2 heterocycles. The molecule has 1 saturated carbocycles. The normalized spacial score (nSPS) is 28.1. The summed E-state index contributed by atoms with van der Waals surface area (Å²) in [5.74, 6) is -0.284. The average Bonchev–Trinajstić information content (AvgIpc) is 3.52. The maximum atomic E-state index is 14.2. The molecule has 2 fully saturated rings. The van der Waals surface area contributed by atoms with Crippen molar-refractivity contribution in [2.45, 2.75) is 50.4 Å². The number of likely N-dealkylation sites (tertiary alicyclic amines) is 1. The lowest BCUT2D eigenvalue weighted by Gasteiger charge is -2.49. The minimum Gasteiger partial charge on any atom is -0.388 e. The minimum absolute atomic E-state index is 0.00291. The van der Waals surface area contributed by atoms with Crippen LogP contribution in [0.1, 0.15) is 43.4 Å². The topological polar surface area (TPSA) is 65.5 Å². The highest BCUT2D eigenvalue weighted by atomic mass is 19.1. The van der Waals surface area contributed by atoms with E-state index in [1.54, 1.807) is 19.2 Å². The monoisotopic (exact) mass is 383 g/mol. The van der Waals surface area contributed by atoms with E-state index in [1.165, 1.54) is 6.20 Å². The molecule has 2 aromatic rings. The van der Waals surface area contributed by atoms with Crippen molar-refractivity contribution in [2.24, 2.45) is 5.92 Å². The number of amides is 1. The number of piperidine rings is 1. The lowest BCUT2D eigenvalue weighted by molar-refractivity contribution is -0.130. The third kappa shape index (κ3) is 3.93. The van der Waals surface area contributed by atoms with Crippen LogP contribution in [0.4, 0.5) is 4.39 Å². The number of nitrogens with one attached hydrogen (secondary N) is 1. The zero-order chi connectivity index (χ0) is 19.7. The Labute approximate surface area is 164 Å². The van der Waals surface area contributed by atoms with Gasteiger partial charge in [0, 0.05) is 30.8 Å². The fourth-order valence-corrected chi connectivity index (χ4v) is 4.05. The van der Waals surface area contributed by atoms with Gasteiger partial charge in [0.1, 0.15) is 5.82 Å². The number of carbonyl (C=O) groups is 1. The molecule has 0 unspecified atom stereocenters. The molecule has 2 aliphatic rings. The van der Waals surface area contributed by atoms with E-state index in [1.807, 2.05) is 30.3 Å². The van der Waals surface area contributed by atoms with Crippen LogP contribution in [0.3, 0.4) is 0 Å². The average molecular weight is 383 g/mol. The number of rotatable bonds is 5. The Kier molecular flexibility index (Phi) is 5.17. The number of nitrogens with zero attached hydrogens (tertiary/aromatic N) is 2. The molecule has 1 aromatic carbocycles. The van der Waals surface area contributed by atoms with Crippen LogP contribution in [0.5, 0.6) is 0 Å². The first-order valence-corrected chi connectivity index (χ1v) is 9.86. The fourth-order valence-electron chi connectivity index (χ4n) is 4.05.